The first kappa shape index (κ1) is 25.9. The van der Waals surface area contributed by atoms with Gasteiger partial charge in [-0.05, 0) is 50.0 Å². The molecule has 6 N–H and O–H groups in total. The maximum absolute atomic E-state index is 12.7. The molecule has 0 spiro atoms. The molecule has 0 radical (unpaired) electrons. The standard InChI is InChI=1S/C21H37N5O6/c1-13(27)30-10-16(11-31-14(2)28)12-32-21(29)19-8-18-7-15(3-5-17(18)9-24-19)4-6-20(22)25-26-23/h15-19,24,26H,3-12,23H2,1-2H3,(H2,22,25). The van der Waals surface area contributed by atoms with Crippen molar-refractivity contribution in [2.24, 2.45) is 40.3 Å². The zero-order valence-electron chi connectivity index (χ0n) is 19.0. The van der Waals surface area contributed by atoms with Crippen LogP contribution in [-0.2, 0) is 28.6 Å². The number of fused-ring (bicyclic) bond motifs is 1. The lowest BCUT2D eigenvalue weighted by molar-refractivity contribution is -0.154. The Balaban J connectivity index is 1.81. The number of rotatable bonds is 11. The molecule has 11 nitrogen and oxygen atoms in total. The van der Waals surface area contributed by atoms with Gasteiger partial charge >= 0.3 is 17.9 Å². The van der Waals surface area contributed by atoms with Crippen molar-refractivity contribution in [1.82, 2.24) is 10.9 Å². The molecule has 2 rings (SSSR count). The minimum atomic E-state index is -0.441. The van der Waals surface area contributed by atoms with Crippen molar-refractivity contribution in [2.75, 3.05) is 26.4 Å². The summed E-state index contributed by atoms with van der Waals surface area (Å²) in [5.74, 6) is 5.61. The van der Waals surface area contributed by atoms with Crippen LogP contribution in [0.5, 0.6) is 0 Å². The van der Waals surface area contributed by atoms with Gasteiger partial charge < -0.3 is 25.3 Å². The molecule has 0 aromatic carbocycles. The number of piperidine rings is 1. The van der Waals surface area contributed by atoms with Gasteiger partial charge in [0.2, 0.25) is 0 Å². The normalized spacial score (nSPS) is 25.6. The molecule has 1 saturated heterocycles. The van der Waals surface area contributed by atoms with Crippen LogP contribution in [0.25, 0.3) is 0 Å². The third kappa shape index (κ3) is 8.99. The summed E-state index contributed by atoms with van der Waals surface area (Å²) < 4.78 is 15.5. The van der Waals surface area contributed by atoms with E-state index in [1.165, 1.54) is 13.8 Å². The van der Waals surface area contributed by atoms with Crippen molar-refractivity contribution in [3.63, 3.8) is 0 Å². The summed E-state index contributed by atoms with van der Waals surface area (Å²) in [5.41, 5.74) is 8.03. The van der Waals surface area contributed by atoms with Crippen LogP contribution in [0.15, 0.2) is 5.10 Å². The molecule has 182 valence electrons. The highest BCUT2D eigenvalue weighted by molar-refractivity contribution is 5.79. The quantitative estimate of drug-likeness (QED) is 0.0842. The SMILES string of the molecule is CC(=O)OCC(COC(C)=O)COC(=O)C1CC2CC(CC/C(N)=N/NN)CCC2CN1. The average Bonchev–Trinajstić information content (AvgIpc) is 2.76. The maximum atomic E-state index is 12.7. The van der Waals surface area contributed by atoms with Gasteiger partial charge in [-0.2, -0.15) is 5.10 Å². The molecule has 0 bridgehead atoms. The Morgan fingerprint density at radius 2 is 1.69 bits per heavy atom. The summed E-state index contributed by atoms with van der Waals surface area (Å²) in [6.07, 6.45) is 5.71. The van der Waals surface area contributed by atoms with Gasteiger partial charge in [-0.25, -0.2) is 11.4 Å². The minimum Gasteiger partial charge on any atom is -0.465 e. The monoisotopic (exact) mass is 455 g/mol. The molecular weight excluding hydrogens is 418 g/mol. The number of carbonyl (C=O) groups is 3. The number of nitrogens with two attached hydrogens (primary N) is 2. The molecule has 11 heteroatoms. The highest BCUT2D eigenvalue weighted by atomic mass is 16.6. The molecule has 1 aliphatic heterocycles. The summed E-state index contributed by atoms with van der Waals surface area (Å²) in [7, 11) is 0. The van der Waals surface area contributed by atoms with Gasteiger partial charge in [0.05, 0.1) is 5.92 Å². The number of esters is 3. The number of hydrogen-bond acceptors (Lipinski definition) is 10. The van der Waals surface area contributed by atoms with Gasteiger partial charge in [0.1, 0.15) is 31.7 Å². The molecular formula is C21H37N5O6. The van der Waals surface area contributed by atoms with E-state index < -0.39 is 17.9 Å². The number of nitrogens with zero attached hydrogens (tertiary/aromatic N) is 1. The van der Waals surface area contributed by atoms with E-state index >= 15 is 0 Å². The number of carbonyl (C=O) groups excluding carboxylic acids is 3. The Morgan fingerprint density at radius 3 is 2.31 bits per heavy atom. The summed E-state index contributed by atoms with van der Waals surface area (Å²) in [6.45, 7) is 3.44. The van der Waals surface area contributed by atoms with Crippen molar-refractivity contribution in [2.45, 2.75) is 58.4 Å². The molecule has 1 saturated carbocycles. The first-order chi connectivity index (χ1) is 15.3. The van der Waals surface area contributed by atoms with Crippen molar-refractivity contribution in [3.8, 4) is 0 Å². The van der Waals surface area contributed by atoms with Crippen LogP contribution in [0.3, 0.4) is 0 Å². The van der Waals surface area contributed by atoms with Gasteiger partial charge in [0.25, 0.3) is 0 Å². The number of amidine groups is 1. The maximum Gasteiger partial charge on any atom is 0.323 e. The van der Waals surface area contributed by atoms with E-state index in [0.29, 0.717) is 30.0 Å². The Labute approximate surface area is 188 Å². The highest BCUT2D eigenvalue weighted by Crippen LogP contribution is 2.40. The predicted molar refractivity (Wildman–Crippen MR) is 117 cm³/mol. The Bertz CT molecular complexity index is 655. The van der Waals surface area contributed by atoms with Gasteiger partial charge in [0.15, 0.2) is 0 Å². The molecule has 0 aromatic rings. The summed E-state index contributed by atoms with van der Waals surface area (Å²) in [4.78, 5) is 34.8. The first-order valence-electron chi connectivity index (χ1n) is 11.2. The number of hydrazine groups is 1. The molecule has 4 atom stereocenters. The lowest BCUT2D eigenvalue weighted by Gasteiger charge is -2.42. The fourth-order valence-electron chi connectivity index (χ4n) is 4.51. The third-order valence-corrected chi connectivity index (χ3v) is 6.22. The van der Waals surface area contributed by atoms with Crippen LogP contribution >= 0.6 is 0 Å². The summed E-state index contributed by atoms with van der Waals surface area (Å²) in [5, 5.41) is 7.12. The van der Waals surface area contributed by atoms with Crippen LogP contribution in [0.1, 0.15) is 52.4 Å². The van der Waals surface area contributed by atoms with Crippen LogP contribution in [0, 0.1) is 23.7 Å². The lowest BCUT2D eigenvalue weighted by Crippen LogP contribution is -2.50. The van der Waals surface area contributed by atoms with E-state index in [-0.39, 0.29) is 31.8 Å². The molecule has 2 aliphatic rings. The van der Waals surface area contributed by atoms with Crippen molar-refractivity contribution < 1.29 is 28.6 Å². The molecule has 32 heavy (non-hydrogen) atoms. The van der Waals surface area contributed by atoms with Crippen molar-refractivity contribution >= 4 is 23.7 Å². The smallest absolute Gasteiger partial charge is 0.323 e. The van der Waals surface area contributed by atoms with E-state index in [0.717, 1.165) is 38.6 Å². The second kappa shape index (κ2) is 13.2. The van der Waals surface area contributed by atoms with E-state index in [1.807, 2.05) is 0 Å². The van der Waals surface area contributed by atoms with Gasteiger partial charge in [-0.15, -0.1) is 0 Å². The molecule has 4 unspecified atom stereocenters. The number of hydrogen-bond donors (Lipinski definition) is 4. The number of ether oxygens (including phenoxy) is 3. The average molecular weight is 456 g/mol. The van der Waals surface area contributed by atoms with E-state index in [9.17, 15) is 14.4 Å². The number of nitrogens with one attached hydrogen (secondary N) is 2. The fourth-order valence-corrected chi connectivity index (χ4v) is 4.51. The zero-order chi connectivity index (χ0) is 23.5. The second-order valence-corrected chi connectivity index (χ2v) is 8.77. The summed E-state index contributed by atoms with van der Waals surface area (Å²) in [6, 6.07) is -0.369. The van der Waals surface area contributed by atoms with Gasteiger partial charge in [0, 0.05) is 20.3 Å². The van der Waals surface area contributed by atoms with E-state index in [2.05, 4.69) is 16.0 Å². The highest BCUT2D eigenvalue weighted by Gasteiger charge is 2.38. The lowest BCUT2D eigenvalue weighted by atomic mass is 9.69. The predicted octanol–water partition coefficient (Wildman–Crippen LogP) is 0.182. The Morgan fingerprint density at radius 1 is 1.03 bits per heavy atom. The fraction of sp³-hybridized carbons (Fsp3) is 0.810. The number of hydrazone groups is 1. The second-order valence-electron chi connectivity index (χ2n) is 8.77. The first-order valence-corrected chi connectivity index (χ1v) is 11.2. The molecule has 0 aromatic heterocycles. The van der Waals surface area contributed by atoms with Crippen LogP contribution < -0.4 is 22.4 Å². The minimum absolute atomic E-state index is 0.0160. The van der Waals surface area contributed by atoms with Crippen molar-refractivity contribution in [3.05, 3.63) is 0 Å². The van der Waals surface area contributed by atoms with Crippen LogP contribution in [-0.4, -0.2) is 56.2 Å². The Kier molecular flexibility index (Phi) is 10.7. The van der Waals surface area contributed by atoms with Gasteiger partial charge in [-0.1, -0.05) is 6.42 Å². The molecule has 2 fully saturated rings. The van der Waals surface area contributed by atoms with E-state index in [4.69, 9.17) is 25.8 Å². The zero-order valence-corrected chi connectivity index (χ0v) is 19.0. The topological polar surface area (TPSA) is 167 Å². The van der Waals surface area contributed by atoms with Crippen molar-refractivity contribution in [1.29, 1.82) is 0 Å². The molecule has 0 amide bonds. The van der Waals surface area contributed by atoms with Crippen LogP contribution in [0.4, 0.5) is 0 Å². The van der Waals surface area contributed by atoms with E-state index in [1.54, 1.807) is 0 Å². The Hall–Kier alpha value is -2.40. The molecule has 1 aliphatic carbocycles. The molecule has 1 heterocycles. The largest absolute Gasteiger partial charge is 0.465 e. The van der Waals surface area contributed by atoms with Gasteiger partial charge in [-0.3, -0.25) is 14.4 Å². The summed E-state index contributed by atoms with van der Waals surface area (Å²) >= 11 is 0. The van der Waals surface area contributed by atoms with Crippen LogP contribution in [0.2, 0.25) is 0 Å². The third-order valence-electron chi connectivity index (χ3n) is 6.22.